The van der Waals surface area contributed by atoms with Crippen LogP contribution in [-0.2, 0) is 73.6 Å². The molecule has 9 rings (SSSR count). The van der Waals surface area contributed by atoms with Crippen molar-refractivity contribution < 1.29 is 47.9 Å². The van der Waals surface area contributed by atoms with E-state index >= 15 is 9.59 Å². The van der Waals surface area contributed by atoms with Crippen molar-refractivity contribution in [1.82, 2.24) is 93.3 Å². The number of H-pyrrole nitrogens is 4. The normalized spacial score (nSPS) is 27.1. The Morgan fingerprint density at radius 3 is 1.63 bits per heavy atom. The first-order valence-corrected chi connectivity index (χ1v) is 33.5. The number of nitrogens with zero attached hydrogens (tertiary/aromatic N) is 3. The fourth-order valence-corrected chi connectivity index (χ4v) is 14.4. The zero-order valence-corrected chi connectivity index (χ0v) is 53.0. The van der Waals surface area contributed by atoms with Crippen LogP contribution in [0.3, 0.4) is 0 Å². The van der Waals surface area contributed by atoms with Crippen LogP contribution in [0.5, 0.6) is 0 Å². The topological polar surface area (TPSA) is 421 Å². The minimum atomic E-state index is -1.51. The molecule has 12 atom stereocenters. The standard InChI is InChI=1S/C59H77N19O10S3/c1-30-49(79)67-31(2)50(80)72-42(15-9-10-16-60)52(82)71-33(4)70-48(18-35-22-64-41-14-8-6-12-39(35)41)77-58-59(88)78-29-89-26-47(78)57(87)75-44(19-36-23-61-27-65-36)53(83)68-32(3)51(81)73-45(20-37-24-62-28-66-37)55(85)74-43(17-34-21-63-40-13-7-5-11-38(34)40)54(84)76-46(25-90-91-58)56(86)69-30/h5-8,11-14,21-24,27-28,30-33,42-48,58,63-64,70,77H,9-10,15-20,25-26,29,60H2,1-4H3,(H,61,65)(H,62,66)(H,67,79)(H,68,83)(H,69,86)(H,71,82)(H,72,80)(H,73,81)(H,74,85)(H,75,87)(H,76,84)/t30-,31-,32+,33-,42-,43-,44-,45-,46-,47-,48+,58?/m0/s1. The van der Waals surface area contributed by atoms with Crippen LogP contribution in [0.4, 0.5) is 0 Å². The number of unbranched alkanes of at least 4 members (excludes halogenated alkanes) is 1. The van der Waals surface area contributed by atoms with E-state index in [2.05, 4.69) is 88.4 Å². The Hall–Kier alpha value is -8.43. The Kier molecular flexibility index (Phi) is 23.2. The van der Waals surface area contributed by atoms with Crippen molar-refractivity contribution in [3.05, 3.63) is 108 Å². The van der Waals surface area contributed by atoms with Gasteiger partial charge in [-0.25, -0.2) is 9.97 Å². The van der Waals surface area contributed by atoms with E-state index in [4.69, 9.17) is 5.73 Å². The molecular formula is C59H77N19O10S3. The molecule has 4 aromatic heterocycles. The fraction of sp³-hybridized carbons (Fsp3) is 0.458. The lowest BCUT2D eigenvalue weighted by Crippen LogP contribution is -2.62. The maximum Gasteiger partial charge on any atom is 0.252 e. The number of nitrogens with one attached hydrogen (secondary N) is 15. The van der Waals surface area contributed by atoms with Gasteiger partial charge in [0.15, 0.2) is 0 Å². The molecule has 0 saturated carbocycles. The molecule has 32 heteroatoms. The molecular weight excluding hydrogens is 1230 g/mol. The van der Waals surface area contributed by atoms with Gasteiger partial charge in [-0.1, -0.05) is 58.0 Å². The highest BCUT2D eigenvalue weighted by Crippen LogP contribution is 2.32. The number of carbonyl (C=O) groups is 10. The molecule has 6 aromatic rings. The minimum absolute atomic E-state index is 0.0299. The highest BCUT2D eigenvalue weighted by atomic mass is 33.1. The number of amides is 10. The molecule has 29 nitrogen and oxygen atoms in total. The van der Waals surface area contributed by atoms with Gasteiger partial charge in [0.1, 0.15) is 59.8 Å². The van der Waals surface area contributed by atoms with Crippen molar-refractivity contribution in [1.29, 1.82) is 0 Å². The Balaban J connectivity index is 1.13. The zero-order chi connectivity index (χ0) is 64.7. The Morgan fingerprint density at radius 1 is 0.516 bits per heavy atom. The van der Waals surface area contributed by atoms with Crippen molar-refractivity contribution in [2.24, 2.45) is 5.73 Å². The summed E-state index contributed by atoms with van der Waals surface area (Å²) < 4.78 is 0. The highest BCUT2D eigenvalue weighted by Gasteiger charge is 2.42. The summed E-state index contributed by atoms with van der Waals surface area (Å²) in [5.74, 6) is -7.59. The fourth-order valence-electron chi connectivity index (χ4n) is 10.8. The summed E-state index contributed by atoms with van der Waals surface area (Å²) in [7, 11) is 1.99. The Bertz CT molecular complexity index is 3550. The molecule has 486 valence electrons. The first-order chi connectivity index (χ1) is 43.8. The van der Waals surface area contributed by atoms with Gasteiger partial charge in [-0.2, -0.15) is 0 Å². The second kappa shape index (κ2) is 31.5. The second-order valence-corrected chi connectivity index (χ2v) is 26.2. The molecule has 91 heavy (non-hydrogen) atoms. The number of hydrogen-bond acceptors (Lipinski definition) is 18. The highest BCUT2D eigenvalue weighted by molar-refractivity contribution is 8.77. The molecule has 3 aliphatic rings. The quantitative estimate of drug-likeness (QED) is 0.0518. The molecule has 2 bridgehead atoms. The number of carbonyl (C=O) groups excluding carboxylic acids is 10. The lowest BCUT2D eigenvalue weighted by atomic mass is 10.0. The smallest absolute Gasteiger partial charge is 0.252 e. The van der Waals surface area contributed by atoms with Crippen molar-refractivity contribution in [3.63, 3.8) is 0 Å². The monoisotopic (exact) mass is 1310 g/mol. The number of para-hydroxylation sites is 2. The van der Waals surface area contributed by atoms with Gasteiger partial charge < -0.3 is 78.4 Å². The van der Waals surface area contributed by atoms with Crippen molar-refractivity contribution >= 4 is 114 Å². The molecule has 17 N–H and O–H groups in total. The van der Waals surface area contributed by atoms with Gasteiger partial charge in [-0.3, -0.25) is 58.6 Å². The van der Waals surface area contributed by atoms with E-state index in [0.717, 1.165) is 49.0 Å². The van der Waals surface area contributed by atoms with Crippen LogP contribution in [-0.4, -0.2) is 190 Å². The molecule has 1 unspecified atom stereocenters. The largest absolute Gasteiger partial charge is 0.361 e. The van der Waals surface area contributed by atoms with Crippen LogP contribution >= 0.6 is 33.3 Å². The number of benzene rings is 2. The molecule has 0 spiro atoms. The van der Waals surface area contributed by atoms with Gasteiger partial charge in [-0.15, -0.1) is 11.8 Å². The minimum Gasteiger partial charge on any atom is -0.361 e. The van der Waals surface area contributed by atoms with E-state index in [9.17, 15) is 38.4 Å². The summed E-state index contributed by atoms with van der Waals surface area (Å²) in [6.07, 6.45) is 8.50. The average Bonchev–Trinajstić information content (AvgIpc) is 1.82. The van der Waals surface area contributed by atoms with Crippen LogP contribution in [0.1, 0.15) is 69.5 Å². The molecule has 3 saturated heterocycles. The lowest BCUT2D eigenvalue weighted by Gasteiger charge is -2.33. The average molecular weight is 1310 g/mol. The summed E-state index contributed by atoms with van der Waals surface area (Å²) in [6, 6.07) is 3.11. The third kappa shape index (κ3) is 17.8. The van der Waals surface area contributed by atoms with Crippen molar-refractivity contribution in [2.75, 3.05) is 23.9 Å². The number of aromatic amines is 4. The third-order valence-corrected chi connectivity index (χ3v) is 19.3. The summed E-state index contributed by atoms with van der Waals surface area (Å²) in [5.41, 5.74) is 9.70. The number of fused-ring (bicyclic) bond motifs is 7. The number of hydrogen-bond donors (Lipinski definition) is 16. The van der Waals surface area contributed by atoms with E-state index in [0.29, 0.717) is 36.3 Å². The van der Waals surface area contributed by atoms with E-state index in [1.807, 2.05) is 54.7 Å². The van der Waals surface area contributed by atoms with E-state index in [1.54, 1.807) is 13.1 Å². The van der Waals surface area contributed by atoms with Gasteiger partial charge in [0.25, 0.3) is 5.91 Å². The molecule has 7 heterocycles. The molecule has 0 radical (unpaired) electrons. The first kappa shape index (κ1) is 67.0. The number of imidazole rings is 2. The molecule has 3 fully saturated rings. The second-order valence-electron chi connectivity index (χ2n) is 22.7. The molecule has 10 amide bonds. The maximum atomic E-state index is 15.6. The van der Waals surface area contributed by atoms with Crippen LogP contribution in [0.2, 0.25) is 0 Å². The Labute approximate surface area is 535 Å². The van der Waals surface area contributed by atoms with Gasteiger partial charge in [0.2, 0.25) is 53.2 Å². The summed E-state index contributed by atoms with van der Waals surface area (Å²) in [5, 5.41) is 32.2. The summed E-state index contributed by atoms with van der Waals surface area (Å²) in [4.78, 5) is 168. The molecule has 0 aliphatic carbocycles. The predicted molar refractivity (Wildman–Crippen MR) is 343 cm³/mol. The van der Waals surface area contributed by atoms with Crippen molar-refractivity contribution in [3.8, 4) is 0 Å². The number of aromatic nitrogens is 6. The van der Waals surface area contributed by atoms with Crippen LogP contribution in [0.15, 0.2) is 86.0 Å². The third-order valence-electron chi connectivity index (χ3n) is 15.8. The first-order valence-electron chi connectivity index (χ1n) is 30.0. The van der Waals surface area contributed by atoms with E-state index in [1.165, 1.54) is 62.5 Å². The maximum absolute atomic E-state index is 15.6. The zero-order valence-electron chi connectivity index (χ0n) is 50.5. The van der Waals surface area contributed by atoms with Crippen molar-refractivity contribution in [2.45, 2.75) is 145 Å². The van der Waals surface area contributed by atoms with Crippen LogP contribution in [0, 0.1) is 0 Å². The Morgan fingerprint density at radius 2 is 1.02 bits per heavy atom. The summed E-state index contributed by atoms with van der Waals surface area (Å²) >= 11 is 1.30. The number of rotatable bonds is 12. The van der Waals surface area contributed by atoms with Crippen LogP contribution in [0.25, 0.3) is 21.8 Å². The van der Waals surface area contributed by atoms with Gasteiger partial charge in [-0.05, 0) is 76.8 Å². The molecule has 3 aliphatic heterocycles. The van der Waals surface area contributed by atoms with Crippen LogP contribution < -0.4 is 64.2 Å². The van der Waals surface area contributed by atoms with Gasteiger partial charge in [0.05, 0.1) is 30.9 Å². The number of thioether (sulfide) groups is 1. The molecule has 2 aromatic carbocycles. The van der Waals surface area contributed by atoms with E-state index < -0.39 is 131 Å². The van der Waals surface area contributed by atoms with Gasteiger partial charge >= 0.3 is 0 Å². The predicted octanol–water partition coefficient (Wildman–Crippen LogP) is -0.963. The van der Waals surface area contributed by atoms with Gasteiger partial charge in [0, 0.05) is 95.2 Å². The lowest BCUT2D eigenvalue weighted by molar-refractivity contribution is -0.139. The summed E-state index contributed by atoms with van der Waals surface area (Å²) in [6.45, 7) is 6.24. The van der Waals surface area contributed by atoms with E-state index in [-0.39, 0.29) is 49.5 Å². The SMILES string of the molecule is C[C@@H]1NC(=O)[C@H](CCCCN)NC(=O)[C@H](C)NC(=O)[C@H](C)NC(=O)[C@@H]2CSSC(N[C@H](Cc3c[nH]c4ccccc34)N1)C(=O)N1CSC[C@H]1C(=O)N[C@@H](Cc1cnc[nH]1)C(=O)N[C@H](C)C(=O)N[C@@H](Cc1cnc[nH]1)C(=O)N[C@@H](Cc1c[nH]c3ccccc13)C(=O)N2. The number of nitrogens with two attached hydrogens (primary N) is 1.